The second-order valence-electron chi connectivity index (χ2n) is 7.50. The van der Waals surface area contributed by atoms with Crippen molar-refractivity contribution in [1.29, 1.82) is 0 Å². The summed E-state index contributed by atoms with van der Waals surface area (Å²) in [5.74, 6) is 0. The van der Waals surface area contributed by atoms with Crippen LogP contribution in [0.4, 0.5) is 4.79 Å². The Kier molecular flexibility index (Phi) is 6.24. The molecule has 0 unspecified atom stereocenters. The van der Waals surface area contributed by atoms with Crippen LogP contribution >= 0.6 is 0 Å². The quantitative estimate of drug-likeness (QED) is 0.838. The van der Waals surface area contributed by atoms with Crippen LogP contribution in [0.25, 0.3) is 0 Å². The van der Waals surface area contributed by atoms with Crippen LogP contribution in [0.3, 0.4) is 0 Å². The third kappa shape index (κ3) is 4.95. The van der Waals surface area contributed by atoms with E-state index in [1.54, 1.807) is 18.7 Å². The Morgan fingerprint density at radius 1 is 1.38 bits per heavy atom. The van der Waals surface area contributed by atoms with Gasteiger partial charge in [0.15, 0.2) is 0 Å². The molecule has 1 aromatic rings. The van der Waals surface area contributed by atoms with E-state index < -0.39 is 5.60 Å². The van der Waals surface area contributed by atoms with E-state index in [-0.39, 0.29) is 18.1 Å². The fourth-order valence-corrected chi connectivity index (χ4v) is 3.37. The third-order valence-corrected chi connectivity index (χ3v) is 4.86. The lowest BCUT2D eigenvalue weighted by molar-refractivity contribution is 0.00967. The summed E-state index contributed by atoms with van der Waals surface area (Å²) in [7, 11) is 4.07. The molecule has 0 saturated carbocycles. The van der Waals surface area contributed by atoms with E-state index in [9.17, 15) is 9.90 Å². The number of nitrogens with zero attached hydrogens (tertiary/aromatic N) is 2. The zero-order valence-corrected chi connectivity index (χ0v) is 15.3. The van der Waals surface area contributed by atoms with Crippen molar-refractivity contribution < 1.29 is 9.90 Å². The number of carbonyl (C=O) groups excluding carboxylic acids is 1. The topological polar surface area (TPSA) is 55.8 Å². The Balaban J connectivity index is 1.93. The molecule has 2 rings (SSSR count). The van der Waals surface area contributed by atoms with Gasteiger partial charge in [-0.05, 0) is 52.8 Å². The highest BCUT2D eigenvalue weighted by atomic mass is 16.3. The summed E-state index contributed by atoms with van der Waals surface area (Å²) >= 11 is 0. The van der Waals surface area contributed by atoms with Crippen molar-refractivity contribution in [2.75, 3.05) is 27.2 Å². The van der Waals surface area contributed by atoms with E-state index in [0.29, 0.717) is 13.1 Å². The number of likely N-dealkylation sites (N-methyl/N-ethyl adjacent to an activating group) is 1. The number of hydrogen-bond acceptors (Lipinski definition) is 3. The number of aliphatic hydroxyl groups is 1. The first-order valence-electron chi connectivity index (χ1n) is 8.76. The Bertz CT molecular complexity index is 525. The van der Waals surface area contributed by atoms with E-state index in [4.69, 9.17) is 0 Å². The number of rotatable bonds is 6. The monoisotopic (exact) mass is 333 g/mol. The van der Waals surface area contributed by atoms with Crippen LogP contribution in [0.5, 0.6) is 0 Å². The van der Waals surface area contributed by atoms with Crippen molar-refractivity contribution >= 4 is 6.03 Å². The number of urea groups is 1. The molecule has 2 N–H and O–H groups in total. The second-order valence-corrected chi connectivity index (χ2v) is 7.50. The molecule has 0 spiro atoms. The van der Waals surface area contributed by atoms with Gasteiger partial charge in [0.2, 0.25) is 0 Å². The maximum Gasteiger partial charge on any atom is 0.317 e. The second kappa shape index (κ2) is 7.99. The minimum absolute atomic E-state index is 0.0699. The Morgan fingerprint density at radius 2 is 2.04 bits per heavy atom. The van der Waals surface area contributed by atoms with Crippen LogP contribution < -0.4 is 5.32 Å². The minimum atomic E-state index is -0.862. The summed E-state index contributed by atoms with van der Waals surface area (Å²) in [5, 5.41) is 13.3. The van der Waals surface area contributed by atoms with Crippen molar-refractivity contribution in [1.82, 2.24) is 15.1 Å². The number of carbonyl (C=O) groups is 1. The number of nitrogens with one attached hydrogen (secondary N) is 1. The first-order valence-corrected chi connectivity index (χ1v) is 8.76. The van der Waals surface area contributed by atoms with Crippen molar-refractivity contribution in [3.05, 3.63) is 35.9 Å². The molecule has 1 saturated heterocycles. The summed E-state index contributed by atoms with van der Waals surface area (Å²) in [4.78, 5) is 16.5. The van der Waals surface area contributed by atoms with Gasteiger partial charge in [0.25, 0.3) is 0 Å². The largest absolute Gasteiger partial charge is 0.388 e. The molecule has 1 aliphatic heterocycles. The van der Waals surface area contributed by atoms with E-state index in [1.165, 1.54) is 5.56 Å². The van der Waals surface area contributed by atoms with Gasteiger partial charge in [-0.1, -0.05) is 30.3 Å². The number of likely N-dealkylation sites (tertiary alicyclic amines) is 1. The molecule has 2 atom stereocenters. The predicted octanol–water partition coefficient (Wildman–Crippen LogP) is 2.10. The fraction of sp³-hybridized carbons (Fsp3) is 0.632. The zero-order valence-electron chi connectivity index (χ0n) is 15.3. The number of hydrogen-bond donors (Lipinski definition) is 2. The van der Waals surface area contributed by atoms with Gasteiger partial charge >= 0.3 is 6.03 Å². The minimum Gasteiger partial charge on any atom is -0.388 e. The molecule has 0 aromatic heterocycles. The van der Waals surface area contributed by atoms with Gasteiger partial charge in [0, 0.05) is 19.1 Å². The highest BCUT2D eigenvalue weighted by Gasteiger charge is 2.38. The van der Waals surface area contributed by atoms with E-state index in [2.05, 4.69) is 22.3 Å². The zero-order chi connectivity index (χ0) is 17.7. The van der Waals surface area contributed by atoms with Gasteiger partial charge < -0.3 is 20.2 Å². The van der Waals surface area contributed by atoms with Crippen molar-refractivity contribution in [3.63, 3.8) is 0 Å². The summed E-state index contributed by atoms with van der Waals surface area (Å²) in [6.07, 6.45) is 2.70. The average Bonchev–Trinajstić information content (AvgIpc) is 3.01. The standard InChI is InChI=1S/C19H31N3O2/c1-19(2,24)17-11-8-12-22(17)18(23)20-14-16(21(3)4)13-15-9-6-5-7-10-15/h5-7,9-10,16-17,24H,8,11-14H2,1-4H3,(H,20,23)/t16-,17-/m1/s1. The van der Waals surface area contributed by atoms with Crippen LogP contribution in [0.1, 0.15) is 32.3 Å². The SMILES string of the molecule is CN(C)[C@@H](CNC(=O)N1CCC[C@@H]1C(C)(C)O)Cc1ccccc1. The number of amides is 2. The van der Waals surface area contributed by atoms with Crippen LogP contribution in [-0.4, -0.2) is 65.8 Å². The first-order chi connectivity index (χ1) is 11.3. The Hall–Kier alpha value is -1.59. The third-order valence-electron chi connectivity index (χ3n) is 4.86. The van der Waals surface area contributed by atoms with Crippen molar-refractivity contribution in [2.45, 2.75) is 50.8 Å². The molecule has 134 valence electrons. The molecule has 0 bridgehead atoms. The molecular formula is C19H31N3O2. The van der Waals surface area contributed by atoms with E-state index in [1.807, 2.05) is 32.3 Å². The summed E-state index contributed by atoms with van der Waals surface area (Å²) in [6, 6.07) is 10.4. The Morgan fingerprint density at radius 3 is 2.62 bits per heavy atom. The van der Waals surface area contributed by atoms with Gasteiger partial charge in [-0.25, -0.2) is 4.79 Å². The highest BCUT2D eigenvalue weighted by Crippen LogP contribution is 2.26. The molecular weight excluding hydrogens is 302 g/mol. The van der Waals surface area contributed by atoms with E-state index in [0.717, 1.165) is 19.3 Å². The van der Waals surface area contributed by atoms with Gasteiger partial charge in [-0.3, -0.25) is 0 Å². The van der Waals surface area contributed by atoms with Crippen LogP contribution in [0.15, 0.2) is 30.3 Å². The molecule has 0 aliphatic carbocycles. The molecule has 1 aromatic carbocycles. The summed E-state index contributed by atoms with van der Waals surface area (Å²) in [6.45, 7) is 4.87. The average molecular weight is 333 g/mol. The molecule has 1 fully saturated rings. The first kappa shape index (κ1) is 18.7. The van der Waals surface area contributed by atoms with E-state index >= 15 is 0 Å². The van der Waals surface area contributed by atoms with Crippen LogP contribution in [-0.2, 0) is 6.42 Å². The smallest absolute Gasteiger partial charge is 0.317 e. The molecule has 5 heteroatoms. The van der Waals surface area contributed by atoms with Crippen molar-refractivity contribution in [3.8, 4) is 0 Å². The van der Waals surface area contributed by atoms with Gasteiger partial charge in [0.1, 0.15) is 0 Å². The molecule has 2 amide bonds. The lowest BCUT2D eigenvalue weighted by Gasteiger charge is -2.34. The molecule has 1 aliphatic rings. The van der Waals surface area contributed by atoms with Gasteiger partial charge in [-0.2, -0.15) is 0 Å². The predicted molar refractivity (Wildman–Crippen MR) is 97.0 cm³/mol. The van der Waals surface area contributed by atoms with Gasteiger partial charge in [-0.15, -0.1) is 0 Å². The molecule has 24 heavy (non-hydrogen) atoms. The van der Waals surface area contributed by atoms with Crippen LogP contribution in [0.2, 0.25) is 0 Å². The normalized spacial score (nSPS) is 19.6. The Labute approximate surface area is 145 Å². The van der Waals surface area contributed by atoms with Gasteiger partial charge in [0.05, 0.1) is 11.6 Å². The molecule has 0 radical (unpaired) electrons. The number of benzene rings is 1. The molecule has 1 heterocycles. The molecule has 5 nitrogen and oxygen atoms in total. The summed E-state index contributed by atoms with van der Waals surface area (Å²) < 4.78 is 0. The fourth-order valence-electron chi connectivity index (χ4n) is 3.37. The van der Waals surface area contributed by atoms with Crippen molar-refractivity contribution in [2.24, 2.45) is 0 Å². The lowest BCUT2D eigenvalue weighted by atomic mass is 9.97. The van der Waals surface area contributed by atoms with Crippen LogP contribution in [0, 0.1) is 0 Å². The highest BCUT2D eigenvalue weighted by molar-refractivity contribution is 5.75. The summed E-state index contributed by atoms with van der Waals surface area (Å²) in [5.41, 5.74) is 0.403. The maximum absolute atomic E-state index is 12.6. The maximum atomic E-state index is 12.6. The lowest BCUT2D eigenvalue weighted by Crippen LogP contribution is -2.53.